The van der Waals surface area contributed by atoms with Crippen molar-refractivity contribution in [3.8, 4) is 6.07 Å². The number of rotatable bonds is 0. The van der Waals surface area contributed by atoms with E-state index in [0.717, 1.165) is 0 Å². The van der Waals surface area contributed by atoms with Crippen molar-refractivity contribution in [3.05, 3.63) is 34.7 Å². The molecule has 0 unspecified atom stereocenters. The zero-order valence-corrected chi connectivity index (χ0v) is 8.14. The summed E-state index contributed by atoms with van der Waals surface area (Å²) in [5.41, 5.74) is 0.692. The quantitative estimate of drug-likeness (QED) is 0.655. The van der Waals surface area contributed by atoms with Gasteiger partial charge in [-0.3, -0.25) is 0 Å². The van der Waals surface area contributed by atoms with E-state index in [9.17, 15) is 4.39 Å². The average Bonchev–Trinajstić information content (AvgIpc) is 2.41. The number of nitrogens with zero attached hydrogens (tertiary/aromatic N) is 2. The summed E-state index contributed by atoms with van der Waals surface area (Å²) in [4.78, 5) is 0. The summed E-state index contributed by atoms with van der Waals surface area (Å²) in [7, 11) is 1.63. The lowest BCUT2D eigenvalue weighted by Gasteiger charge is -1.97. The lowest BCUT2D eigenvalue weighted by Crippen LogP contribution is -1.89. The summed E-state index contributed by atoms with van der Waals surface area (Å²) < 4.78 is 14.9. The molecule has 70 valence electrons. The maximum absolute atomic E-state index is 13.4. The SMILES string of the molecule is Cn1c(Cl)c(C#N)c2cccc(F)c21. The van der Waals surface area contributed by atoms with Crippen LogP contribution >= 0.6 is 11.6 Å². The molecule has 0 atom stereocenters. The monoisotopic (exact) mass is 208 g/mol. The molecule has 0 saturated heterocycles. The number of aromatic nitrogens is 1. The van der Waals surface area contributed by atoms with Crippen LogP contribution in [0.2, 0.25) is 5.15 Å². The first kappa shape index (κ1) is 9.04. The molecule has 0 aliphatic carbocycles. The predicted molar refractivity (Wildman–Crippen MR) is 52.6 cm³/mol. The van der Waals surface area contributed by atoms with Gasteiger partial charge in [-0.05, 0) is 6.07 Å². The van der Waals surface area contributed by atoms with Gasteiger partial charge in [0.1, 0.15) is 17.0 Å². The van der Waals surface area contributed by atoms with Crippen molar-refractivity contribution >= 4 is 22.5 Å². The highest BCUT2D eigenvalue weighted by molar-refractivity contribution is 6.32. The van der Waals surface area contributed by atoms with Crippen LogP contribution in [0.3, 0.4) is 0 Å². The molecular formula is C10H6ClFN2. The molecule has 0 saturated carbocycles. The van der Waals surface area contributed by atoms with E-state index >= 15 is 0 Å². The Morgan fingerprint density at radius 3 is 2.86 bits per heavy atom. The molecule has 2 nitrogen and oxygen atoms in total. The molecule has 0 N–H and O–H groups in total. The normalized spacial score (nSPS) is 10.4. The van der Waals surface area contributed by atoms with E-state index < -0.39 is 0 Å². The molecule has 0 amide bonds. The minimum Gasteiger partial charge on any atom is -0.331 e. The second-order valence-electron chi connectivity index (χ2n) is 2.97. The van der Waals surface area contributed by atoms with Gasteiger partial charge < -0.3 is 4.57 Å². The number of benzene rings is 1. The fraction of sp³-hybridized carbons (Fsp3) is 0.100. The van der Waals surface area contributed by atoms with Gasteiger partial charge in [-0.2, -0.15) is 5.26 Å². The standard InChI is InChI=1S/C10H6ClFN2/c1-14-9-6(3-2-4-8(9)12)7(5-13)10(14)11/h2-4H,1H3. The molecule has 14 heavy (non-hydrogen) atoms. The zero-order chi connectivity index (χ0) is 10.3. The molecule has 0 fully saturated rings. The van der Waals surface area contributed by atoms with Gasteiger partial charge >= 0.3 is 0 Å². The van der Waals surface area contributed by atoms with Crippen molar-refractivity contribution < 1.29 is 4.39 Å². The van der Waals surface area contributed by atoms with Crippen LogP contribution in [0.15, 0.2) is 18.2 Å². The van der Waals surface area contributed by atoms with Crippen molar-refractivity contribution in [3.63, 3.8) is 0 Å². The highest BCUT2D eigenvalue weighted by atomic mass is 35.5. The minimum absolute atomic E-state index is 0.271. The zero-order valence-electron chi connectivity index (χ0n) is 7.38. The first-order valence-electron chi connectivity index (χ1n) is 3.99. The molecule has 1 aromatic heterocycles. The Morgan fingerprint density at radius 1 is 1.50 bits per heavy atom. The molecule has 0 spiro atoms. The van der Waals surface area contributed by atoms with Crippen molar-refractivity contribution in [1.82, 2.24) is 4.57 Å². The lowest BCUT2D eigenvalue weighted by atomic mass is 10.2. The highest BCUT2D eigenvalue weighted by Crippen LogP contribution is 2.29. The summed E-state index contributed by atoms with van der Waals surface area (Å²) in [5.74, 6) is -0.367. The molecule has 0 bridgehead atoms. The Hall–Kier alpha value is -1.53. The van der Waals surface area contributed by atoms with Crippen LogP contribution in [0.5, 0.6) is 0 Å². The van der Waals surface area contributed by atoms with Crippen LogP contribution in [-0.4, -0.2) is 4.57 Å². The van der Waals surface area contributed by atoms with Crippen LogP contribution in [0, 0.1) is 17.1 Å². The van der Waals surface area contributed by atoms with Crippen molar-refractivity contribution in [2.24, 2.45) is 7.05 Å². The summed E-state index contributed by atoms with van der Waals surface area (Å²) in [6.07, 6.45) is 0. The first-order chi connectivity index (χ1) is 6.66. The number of aryl methyl sites for hydroxylation is 1. The van der Waals surface area contributed by atoms with Gasteiger partial charge in [0.15, 0.2) is 0 Å². The molecule has 0 aliphatic rings. The van der Waals surface area contributed by atoms with E-state index in [0.29, 0.717) is 16.5 Å². The maximum atomic E-state index is 13.4. The fourth-order valence-electron chi connectivity index (χ4n) is 1.54. The highest BCUT2D eigenvalue weighted by Gasteiger charge is 2.15. The topological polar surface area (TPSA) is 28.7 Å². The molecule has 0 aliphatic heterocycles. The summed E-state index contributed by atoms with van der Waals surface area (Å²) in [6.45, 7) is 0. The number of fused-ring (bicyclic) bond motifs is 1. The number of hydrogen-bond acceptors (Lipinski definition) is 1. The predicted octanol–water partition coefficient (Wildman–Crippen LogP) is 2.84. The van der Waals surface area contributed by atoms with Gasteiger partial charge in [-0.1, -0.05) is 23.7 Å². The molecule has 2 rings (SSSR count). The molecule has 0 radical (unpaired) electrons. The summed E-state index contributed by atoms with van der Waals surface area (Å²) in [6, 6.07) is 6.56. The van der Waals surface area contributed by atoms with Gasteiger partial charge in [0.2, 0.25) is 0 Å². The van der Waals surface area contributed by atoms with Crippen molar-refractivity contribution in [2.45, 2.75) is 0 Å². The number of para-hydroxylation sites is 1. The van der Waals surface area contributed by atoms with E-state index in [1.54, 1.807) is 19.2 Å². The van der Waals surface area contributed by atoms with E-state index in [-0.39, 0.29) is 11.0 Å². The van der Waals surface area contributed by atoms with E-state index in [2.05, 4.69) is 0 Å². The average molecular weight is 209 g/mol. The van der Waals surface area contributed by atoms with Crippen LogP contribution in [-0.2, 0) is 7.05 Å². The summed E-state index contributed by atoms with van der Waals surface area (Å²) >= 11 is 5.88. The van der Waals surface area contributed by atoms with Crippen LogP contribution < -0.4 is 0 Å². The second kappa shape index (κ2) is 3.00. The molecule has 2 aromatic rings. The Labute approximate surface area is 85.1 Å². The van der Waals surface area contributed by atoms with Crippen LogP contribution in [0.4, 0.5) is 4.39 Å². The van der Waals surface area contributed by atoms with Crippen molar-refractivity contribution in [2.75, 3.05) is 0 Å². The Balaban J connectivity index is 3.05. The molecule has 1 aromatic carbocycles. The lowest BCUT2D eigenvalue weighted by molar-refractivity contribution is 0.632. The van der Waals surface area contributed by atoms with Crippen molar-refractivity contribution in [1.29, 1.82) is 5.26 Å². The summed E-state index contributed by atoms with van der Waals surface area (Å²) in [5, 5.41) is 9.68. The smallest absolute Gasteiger partial charge is 0.147 e. The number of hydrogen-bond donors (Lipinski definition) is 0. The van der Waals surface area contributed by atoms with Gasteiger partial charge in [-0.15, -0.1) is 0 Å². The Morgan fingerprint density at radius 2 is 2.21 bits per heavy atom. The minimum atomic E-state index is -0.367. The largest absolute Gasteiger partial charge is 0.331 e. The van der Waals surface area contributed by atoms with Crippen LogP contribution in [0.1, 0.15) is 5.56 Å². The molecule has 4 heteroatoms. The Bertz CT molecular complexity index is 551. The van der Waals surface area contributed by atoms with Gasteiger partial charge in [0.05, 0.1) is 11.1 Å². The Kier molecular flexibility index (Phi) is 1.94. The van der Waals surface area contributed by atoms with E-state index in [1.165, 1.54) is 10.6 Å². The van der Waals surface area contributed by atoms with Crippen LogP contribution in [0.25, 0.3) is 10.9 Å². The van der Waals surface area contributed by atoms with Gasteiger partial charge in [0, 0.05) is 12.4 Å². The van der Waals surface area contributed by atoms with Gasteiger partial charge in [-0.25, -0.2) is 4.39 Å². The second-order valence-corrected chi connectivity index (χ2v) is 3.33. The third kappa shape index (κ3) is 1.01. The third-order valence-electron chi connectivity index (χ3n) is 2.20. The van der Waals surface area contributed by atoms with Gasteiger partial charge in [0.25, 0.3) is 0 Å². The molecule has 1 heterocycles. The maximum Gasteiger partial charge on any atom is 0.147 e. The number of nitriles is 1. The fourth-order valence-corrected chi connectivity index (χ4v) is 1.77. The third-order valence-corrected chi connectivity index (χ3v) is 2.65. The molecular weight excluding hydrogens is 203 g/mol. The van der Waals surface area contributed by atoms with E-state index in [1.807, 2.05) is 6.07 Å². The first-order valence-corrected chi connectivity index (χ1v) is 4.37. The number of halogens is 2. The van der Waals surface area contributed by atoms with E-state index in [4.69, 9.17) is 16.9 Å².